The Bertz CT molecular complexity index is 813. The Morgan fingerprint density at radius 3 is 2.73 bits per heavy atom. The molecule has 0 atom stereocenters. The molecule has 2 heterocycles. The Morgan fingerprint density at radius 1 is 1.32 bits per heavy atom. The van der Waals surface area contributed by atoms with Crippen molar-refractivity contribution >= 4 is 54.8 Å². The molecule has 0 aliphatic heterocycles. The van der Waals surface area contributed by atoms with Gasteiger partial charge in [0.2, 0.25) is 0 Å². The normalized spacial score (nSPS) is 10.7. The fourth-order valence-corrected chi connectivity index (χ4v) is 3.76. The molecule has 4 nitrogen and oxygen atoms in total. The van der Waals surface area contributed by atoms with Gasteiger partial charge in [-0.3, -0.25) is 4.79 Å². The fourth-order valence-electron chi connectivity index (χ4n) is 1.83. The van der Waals surface area contributed by atoms with Gasteiger partial charge in [0.1, 0.15) is 5.69 Å². The highest BCUT2D eigenvalue weighted by Crippen LogP contribution is 2.32. The SMILES string of the molecule is O=C(Nc1ccc(-n2cccn2)c(F)c1)c1cc(Br)c(Br)s1. The highest BCUT2D eigenvalue weighted by molar-refractivity contribution is 9.13. The number of nitrogens with zero attached hydrogens (tertiary/aromatic N) is 2. The highest BCUT2D eigenvalue weighted by atomic mass is 79.9. The molecule has 2 aromatic heterocycles. The minimum absolute atomic E-state index is 0.289. The van der Waals surface area contributed by atoms with Gasteiger partial charge >= 0.3 is 0 Å². The Morgan fingerprint density at radius 2 is 2.14 bits per heavy atom. The molecular weight excluding hydrogens is 437 g/mol. The Labute approximate surface area is 146 Å². The predicted octanol–water partition coefficient (Wildman–Crippen LogP) is 4.85. The van der Waals surface area contributed by atoms with Crippen LogP contribution in [0.4, 0.5) is 10.1 Å². The van der Waals surface area contributed by atoms with Crippen LogP contribution in [0.25, 0.3) is 5.69 Å². The highest BCUT2D eigenvalue weighted by Gasteiger charge is 2.13. The molecule has 0 aliphatic carbocycles. The van der Waals surface area contributed by atoms with E-state index < -0.39 is 5.82 Å². The Hall–Kier alpha value is -1.51. The van der Waals surface area contributed by atoms with Crippen LogP contribution in [-0.2, 0) is 0 Å². The monoisotopic (exact) mass is 443 g/mol. The van der Waals surface area contributed by atoms with Crippen LogP contribution in [0.3, 0.4) is 0 Å². The lowest BCUT2D eigenvalue weighted by Crippen LogP contribution is -2.10. The molecule has 0 spiro atoms. The van der Waals surface area contributed by atoms with Crippen LogP contribution in [0.1, 0.15) is 9.67 Å². The van der Waals surface area contributed by atoms with Crippen molar-refractivity contribution in [3.05, 3.63) is 61.7 Å². The zero-order valence-corrected chi connectivity index (χ0v) is 14.9. The molecule has 0 saturated carbocycles. The standard InChI is InChI=1S/C14H8Br2FN3OS/c15-9-7-12(22-13(9)16)14(21)19-8-2-3-11(10(17)6-8)20-5-1-4-18-20/h1-7H,(H,19,21). The van der Waals surface area contributed by atoms with E-state index in [1.165, 1.54) is 22.1 Å². The zero-order chi connectivity index (χ0) is 15.7. The van der Waals surface area contributed by atoms with Gasteiger partial charge in [-0.05, 0) is 62.2 Å². The third kappa shape index (κ3) is 3.13. The third-order valence-corrected chi connectivity index (χ3v) is 6.08. The number of nitrogens with one attached hydrogen (secondary N) is 1. The molecule has 1 aromatic carbocycles. The molecular formula is C14H8Br2FN3OS. The number of aromatic nitrogens is 2. The van der Waals surface area contributed by atoms with Gasteiger partial charge in [0.25, 0.3) is 5.91 Å². The van der Waals surface area contributed by atoms with Crippen molar-refractivity contribution < 1.29 is 9.18 Å². The summed E-state index contributed by atoms with van der Waals surface area (Å²) < 4.78 is 17.2. The molecule has 0 saturated heterocycles. The van der Waals surface area contributed by atoms with Crippen LogP contribution in [0.15, 0.2) is 51.0 Å². The van der Waals surface area contributed by atoms with Gasteiger partial charge in [0, 0.05) is 22.6 Å². The number of hydrogen-bond acceptors (Lipinski definition) is 3. The van der Waals surface area contributed by atoms with Gasteiger partial charge in [-0.25, -0.2) is 9.07 Å². The van der Waals surface area contributed by atoms with E-state index in [2.05, 4.69) is 42.3 Å². The molecule has 1 amide bonds. The van der Waals surface area contributed by atoms with E-state index in [0.717, 1.165) is 8.26 Å². The molecule has 22 heavy (non-hydrogen) atoms. The number of thiophene rings is 1. The van der Waals surface area contributed by atoms with Gasteiger partial charge in [0.15, 0.2) is 5.82 Å². The largest absolute Gasteiger partial charge is 0.321 e. The summed E-state index contributed by atoms with van der Waals surface area (Å²) >= 11 is 7.96. The molecule has 0 unspecified atom stereocenters. The van der Waals surface area contributed by atoms with Gasteiger partial charge < -0.3 is 5.32 Å². The van der Waals surface area contributed by atoms with Crippen molar-refractivity contribution in [3.8, 4) is 5.69 Å². The summed E-state index contributed by atoms with van der Waals surface area (Å²) in [5.74, 6) is -0.752. The lowest BCUT2D eigenvalue weighted by atomic mass is 10.2. The van der Waals surface area contributed by atoms with Gasteiger partial charge in [-0.15, -0.1) is 11.3 Å². The maximum atomic E-state index is 14.1. The van der Waals surface area contributed by atoms with E-state index in [0.29, 0.717) is 16.3 Å². The van der Waals surface area contributed by atoms with Gasteiger partial charge in [-0.2, -0.15) is 5.10 Å². The number of benzene rings is 1. The van der Waals surface area contributed by atoms with Crippen molar-refractivity contribution in [3.63, 3.8) is 0 Å². The third-order valence-electron chi connectivity index (χ3n) is 2.83. The van der Waals surface area contributed by atoms with Crippen molar-refractivity contribution in [2.45, 2.75) is 0 Å². The van der Waals surface area contributed by atoms with Crippen LogP contribution in [-0.4, -0.2) is 15.7 Å². The Kier molecular flexibility index (Phi) is 4.42. The first-order valence-electron chi connectivity index (χ1n) is 6.10. The second-order valence-electron chi connectivity index (χ2n) is 4.30. The topological polar surface area (TPSA) is 46.9 Å². The van der Waals surface area contributed by atoms with E-state index in [1.807, 2.05) is 0 Å². The maximum Gasteiger partial charge on any atom is 0.265 e. The van der Waals surface area contributed by atoms with E-state index in [1.54, 1.807) is 36.7 Å². The van der Waals surface area contributed by atoms with Crippen molar-refractivity contribution in [1.82, 2.24) is 9.78 Å². The molecule has 8 heteroatoms. The van der Waals surface area contributed by atoms with E-state index in [-0.39, 0.29) is 5.91 Å². The Balaban J connectivity index is 1.81. The van der Waals surface area contributed by atoms with Crippen molar-refractivity contribution in [1.29, 1.82) is 0 Å². The summed E-state index contributed by atoms with van der Waals surface area (Å²) in [7, 11) is 0. The number of halogens is 3. The quantitative estimate of drug-likeness (QED) is 0.627. The van der Waals surface area contributed by atoms with Crippen LogP contribution < -0.4 is 5.32 Å². The van der Waals surface area contributed by atoms with Crippen LogP contribution in [0.2, 0.25) is 0 Å². The first-order valence-corrected chi connectivity index (χ1v) is 8.50. The molecule has 0 fully saturated rings. The van der Waals surface area contributed by atoms with Crippen molar-refractivity contribution in [2.24, 2.45) is 0 Å². The average Bonchev–Trinajstić information content (AvgIpc) is 3.10. The summed E-state index contributed by atoms with van der Waals surface area (Å²) in [6.45, 7) is 0. The zero-order valence-electron chi connectivity index (χ0n) is 10.9. The van der Waals surface area contributed by atoms with E-state index >= 15 is 0 Å². The summed E-state index contributed by atoms with van der Waals surface area (Å²) in [5.41, 5.74) is 0.712. The van der Waals surface area contributed by atoms with E-state index in [4.69, 9.17) is 0 Å². The number of carbonyl (C=O) groups is 1. The van der Waals surface area contributed by atoms with Gasteiger partial charge in [-0.1, -0.05) is 0 Å². The van der Waals surface area contributed by atoms with Crippen LogP contribution in [0, 0.1) is 5.82 Å². The molecule has 0 bridgehead atoms. The smallest absolute Gasteiger partial charge is 0.265 e. The molecule has 0 aliphatic rings. The minimum atomic E-state index is -0.463. The molecule has 3 rings (SSSR count). The molecule has 0 radical (unpaired) electrons. The molecule has 1 N–H and O–H groups in total. The summed E-state index contributed by atoms with van der Waals surface area (Å²) in [4.78, 5) is 12.6. The number of amides is 1. The maximum absolute atomic E-state index is 14.1. The molecule has 112 valence electrons. The fraction of sp³-hybridized carbons (Fsp3) is 0. The number of carbonyl (C=O) groups excluding carboxylic acids is 1. The number of rotatable bonds is 3. The van der Waals surface area contributed by atoms with Gasteiger partial charge in [0.05, 0.1) is 8.66 Å². The summed E-state index contributed by atoms with van der Waals surface area (Å²) in [5, 5.41) is 6.65. The lowest BCUT2D eigenvalue weighted by molar-refractivity contribution is 0.103. The van der Waals surface area contributed by atoms with Crippen LogP contribution >= 0.6 is 43.2 Å². The minimum Gasteiger partial charge on any atom is -0.321 e. The average molecular weight is 445 g/mol. The first kappa shape index (κ1) is 15.4. The lowest BCUT2D eigenvalue weighted by Gasteiger charge is -2.07. The van der Waals surface area contributed by atoms with Crippen molar-refractivity contribution in [2.75, 3.05) is 5.32 Å². The molecule has 3 aromatic rings. The summed E-state index contributed by atoms with van der Waals surface area (Å²) in [6.07, 6.45) is 3.22. The number of anilines is 1. The first-order chi connectivity index (χ1) is 10.5. The second-order valence-corrected chi connectivity index (χ2v) is 7.53. The van der Waals surface area contributed by atoms with Crippen LogP contribution in [0.5, 0.6) is 0 Å². The summed E-state index contributed by atoms with van der Waals surface area (Å²) in [6, 6.07) is 7.89. The predicted molar refractivity (Wildman–Crippen MR) is 91.2 cm³/mol. The van der Waals surface area contributed by atoms with E-state index in [9.17, 15) is 9.18 Å². The number of hydrogen-bond donors (Lipinski definition) is 1. The second kappa shape index (κ2) is 6.31.